The standard InChI is InChI=1S/C6H19N2O6P3/c1-9-15(10-2)7-17(13-5,14-6)8-16(11-3)12-4/h7H,1-6H3. The second-order valence-electron chi connectivity index (χ2n) is 2.30. The van der Waals surface area contributed by atoms with Crippen molar-refractivity contribution in [3.63, 3.8) is 0 Å². The van der Waals surface area contributed by atoms with Gasteiger partial charge < -0.3 is 27.1 Å². The van der Waals surface area contributed by atoms with Crippen molar-refractivity contribution >= 4 is 24.7 Å². The van der Waals surface area contributed by atoms with Crippen LogP contribution in [0, 0.1) is 0 Å². The number of rotatable bonds is 9. The van der Waals surface area contributed by atoms with E-state index in [0.29, 0.717) is 0 Å². The number of nitrogens with one attached hydrogen (secondary N) is 1. The molecule has 0 amide bonds. The maximum atomic E-state index is 5.28. The average Bonchev–Trinajstić information content (AvgIpc) is 2.40. The largest absolute Gasteiger partial charge is 0.325 e. The molecule has 0 aromatic carbocycles. The van der Waals surface area contributed by atoms with Crippen LogP contribution in [-0.4, -0.2) is 42.7 Å². The molecule has 0 aromatic heterocycles. The van der Waals surface area contributed by atoms with Crippen LogP contribution in [0.3, 0.4) is 0 Å². The molecule has 0 atom stereocenters. The van der Waals surface area contributed by atoms with E-state index in [-0.39, 0.29) is 0 Å². The normalized spacial score (nSPS) is 12.5. The molecule has 0 radical (unpaired) electrons. The lowest BCUT2D eigenvalue weighted by atomic mass is 11.8. The fraction of sp³-hybridized carbons (Fsp3) is 1.00. The van der Waals surface area contributed by atoms with E-state index in [9.17, 15) is 0 Å². The van der Waals surface area contributed by atoms with Crippen molar-refractivity contribution in [3.8, 4) is 0 Å². The van der Waals surface area contributed by atoms with E-state index in [1.54, 1.807) is 0 Å². The smallest absolute Gasteiger partial charge is 0.313 e. The Balaban J connectivity index is 4.99. The van der Waals surface area contributed by atoms with E-state index >= 15 is 0 Å². The lowest BCUT2D eigenvalue weighted by Gasteiger charge is -2.25. The first-order chi connectivity index (χ1) is 8.11. The Morgan fingerprint density at radius 3 is 1.59 bits per heavy atom. The van der Waals surface area contributed by atoms with E-state index in [4.69, 9.17) is 27.1 Å². The maximum absolute atomic E-state index is 5.28. The lowest BCUT2D eigenvalue weighted by Crippen LogP contribution is -2.09. The first kappa shape index (κ1) is 17.8. The first-order valence-electron chi connectivity index (χ1n) is 4.39. The molecule has 0 bridgehead atoms. The molecular formula is C6H19N2O6P3. The molecule has 8 nitrogen and oxygen atoms in total. The van der Waals surface area contributed by atoms with Crippen LogP contribution in [0.25, 0.3) is 0 Å². The van der Waals surface area contributed by atoms with E-state index in [2.05, 4.69) is 9.37 Å². The monoisotopic (exact) mass is 308 g/mol. The first-order valence-corrected chi connectivity index (χ1v) is 8.28. The summed E-state index contributed by atoms with van der Waals surface area (Å²) >= 11 is 0. The molecule has 0 aliphatic carbocycles. The minimum Gasteiger partial charge on any atom is -0.325 e. The zero-order chi connectivity index (χ0) is 13.3. The second kappa shape index (κ2) is 9.70. The van der Waals surface area contributed by atoms with Gasteiger partial charge in [0.2, 0.25) is 0 Å². The van der Waals surface area contributed by atoms with Crippen molar-refractivity contribution in [1.82, 2.24) is 4.86 Å². The van der Waals surface area contributed by atoms with Crippen LogP contribution in [0.4, 0.5) is 0 Å². The highest BCUT2D eigenvalue weighted by Gasteiger charge is 2.27. The van der Waals surface area contributed by atoms with Crippen LogP contribution >= 0.6 is 24.7 Å². The molecule has 1 N–H and O–H groups in total. The third kappa shape index (κ3) is 5.99. The van der Waals surface area contributed by atoms with Gasteiger partial charge in [-0.1, -0.05) is 0 Å². The van der Waals surface area contributed by atoms with E-state index in [1.807, 2.05) is 0 Å². The summed E-state index contributed by atoms with van der Waals surface area (Å²) in [6.45, 7) is 0. The van der Waals surface area contributed by atoms with Gasteiger partial charge in [0.05, 0.1) is 0 Å². The Hall–Kier alpha value is 0.810. The summed E-state index contributed by atoms with van der Waals surface area (Å²) in [6, 6.07) is 0. The van der Waals surface area contributed by atoms with Crippen molar-refractivity contribution < 1.29 is 27.1 Å². The van der Waals surface area contributed by atoms with Crippen molar-refractivity contribution in [1.29, 1.82) is 0 Å². The summed E-state index contributed by atoms with van der Waals surface area (Å²) in [4.78, 5) is 2.94. The Bertz CT molecular complexity index is 240. The van der Waals surface area contributed by atoms with E-state index in [0.717, 1.165) is 0 Å². The molecular weight excluding hydrogens is 289 g/mol. The van der Waals surface area contributed by atoms with Gasteiger partial charge >= 0.3 is 16.2 Å². The molecule has 17 heavy (non-hydrogen) atoms. The Morgan fingerprint density at radius 2 is 1.29 bits per heavy atom. The predicted molar refractivity (Wildman–Crippen MR) is 68.4 cm³/mol. The molecule has 0 aromatic rings. The van der Waals surface area contributed by atoms with E-state index in [1.165, 1.54) is 42.7 Å². The fourth-order valence-corrected chi connectivity index (χ4v) is 5.79. The summed E-state index contributed by atoms with van der Waals surface area (Å²) in [5.74, 6) is 0. The van der Waals surface area contributed by atoms with Gasteiger partial charge in [-0.25, -0.2) is 0 Å². The SMILES string of the molecule is COP(N=P(NP(OC)OC)(OC)OC)OC. The molecule has 0 unspecified atom stereocenters. The molecule has 0 aliphatic rings. The van der Waals surface area contributed by atoms with E-state index < -0.39 is 24.7 Å². The van der Waals surface area contributed by atoms with Crippen LogP contribution in [0.15, 0.2) is 4.52 Å². The minimum atomic E-state index is -2.70. The van der Waals surface area contributed by atoms with Gasteiger partial charge in [0.15, 0.2) is 0 Å². The molecule has 0 spiro atoms. The third-order valence-electron chi connectivity index (χ3n) is 1.54. The van der Waals surface area contributed by atoms with Crippen LogP contribution < -0.4 is 4.86 Å². The van der Waals surface area contributed by atoms with Gasteiger partial charge in [-0.2, -0.15) is 9.37 Å². The summed E-state index contributed by atoms with van der Waals surface area (Å²) < 4.78 is 35.0. The van der Waals surface area contributed by atoms with Gasteiger partial charge in [-0.3, -0.25) is 0 Å². The van der Waals surface area contributed by atoms with Gasteiger partial charge in [0, 0.05) is 42.7 Å². The third-order valence-corrected chi connectivity index (χ3v) is 7.01. The maximum Gasteiger partial charge on any atom is 0.313 e. The highest BCUT2D eigenvalue weighted by atomic mass is 31.3. The Kier molecular flexibility index (Phi) is 10.2. The fourth-order valence-electron chi connectivity index (χ4n) is 0.752. The summed E-state index contributed by atoms with van der Waals surface area (Å²) in [7, 11) is 3.49. The molecule has 0 saturated carbocycles. The minimum absolute atomic E-state index is 1.34. The quantitative estimate of drug-likeness (QED) is 0.656. The summed E-state index contributed by atoms with van der Waals surface area (Å²) in [6.07, 6.45) is 0. The van der Waals surface area contributed by atoms with Crippen LogP contribution in [0.5, 0.6) is 0 Å². The van der Waals surface area contributed by atoms with Gasteiger partial charge in [0.25, 0.3) is 8.53 Å². The molecule has 11 heteroatoms. The Morgan fingerprint density at radius 1 is 0.824 bits per heavy atom. The van der Waals surface area contributed by atoms with Crippen molar-refractivity contribution in [3.05, 3.63) is 0 Å². The molecule has 0 rings (SSSR count). The highest BCUT2D eigenvalue weighted by Crippen LogP contribution is 2.60. The average molecular weight is 308 g/mol. The molecule has 0 saturated heterocycles. The van der Waals surface area contributed by atoms with Gasteiger partial charge in [-0.15, -0.1) is 0 Å². The highest BCUT2D eigenvalue weighted by molar-refractivity contribution is 7.70. The summed E-state index contributed by atoms with van der Waals surface area (Å²) in [5, 5.41) is 0. The zero-order valence-electron chi connectivity index (χ0n) is 10.7. The van der Waals surface area contributed by atoms with Crippen molar-refractivity contribution in [2.45, 2.75) is 0 Å². The number of nitrogens with zero attached hydrogens (tertiary/aromatic N) is 1. The zero-order valence-corrected chi connectivity index (χ0v) is 13.4. The Labute approximate surface area is 104 Å². The van der Waals surface area contributed by atoms with Crippen LogP contribution in [-0.2, 0) is 27.1 Å². The van der Waals surface area contributed by atoms with Crippen molar-refractivity contribution in [2.24, 2.45) is 4.52 Å². The molecule has 104 valence electrons. The predicted octanol–water partition coefficient (Wildman–Crippen LogP) is 2.85. The van der Waals surface area contributed by atoms with Crippen LogP contribution in [0.2, 0.25) is 0 Å². The summed E-state index contributed by atoms with van der Waals surface area (Å²) in [5.41, 5.74) is 0. The number of hydrogen-bond donors (Lipinski definition) is 1. The van der Waals surface area contributed by atoms with Crippen molar-refractivity contribution in [2.75, 3.05) is 42.7 Å². The number of hydrogen-bond acceptors (Lipinski definition) is 7. The van der Waals surface area contributed by atoms with Gasteiger partial charge in [-0.05, 0) is 0 Å². The molecule has 0 heterocycles. The van der Waals surface area contributed by atoms with Crippen LogP contribution in [0.1, 0.15) is 0 Å². The second-order valence-corrected chi connectivity index (χ2v) is 8.04. The topological polar surface area (TPSA) is 79.8 Å². The van der Waals surface area contributed by atoms with Gasteiger partial charge in [0.1, 0.15) is 0 Å². The molecule has 0 aliphatic heterocycles. The lowest BCUT2D eigenvalue weighted by molar-refractivity contribution is 0.303. The molecule has 0 fully saturated rings.